The lowest BCUT2D eigenvalue weighted by Gasteiger charge is -2.38. The van der Waals surface area contributed by atoms with Gasteiger partial charge in [0.25, 0.3) is 5.91 Å². The number of ether oxygens (including phenoxy) is 1. The number of rotatable bonds is 7. The zero-order valence-electron chi connectivity index (χ0n) is 14.4. The van der Waals surface area contributed by atoms with Gasteiger partial charge in [0.15, 0.2) is 0 Å². The number of carbonyl (C=O) groups is 1. The van der Waals surface area contributed by atoms with E-state index in [0.717, 1.165) is 39.1 Å². The number of amides is 1. The van der Waals surface area contributed by atoms with Crippen molar-refractivity contribution in [1.82, 2.24) is 10.2 Å². The molecule has 24 heavy (non-hydrogen) atoms. The molecule has 0 spiro atoms. The van der Waals surface area contributed by atoms with Gasteiger partial charge in [-0.3, -0.25) is 9.69 Å². The van der Waals surface area contributed by atoms with E-state index < -0.39 is 5.82 Å². The molecule has 134 valence electrons. The van der Waals surface area contributed by atoms with Crippen LogP contribution >= 0.6 is 15.9 Å². The van der Waals surface area contributed by atoms with E-state index in [0.29, 0.717) is 22.5 Å². The van der Waals surface area contributed by atoms with Gasteiger partial charge in [-0.1, -0.05) is 26.7 Å². The van der Waals surface area contributed by atoms with E-state index >= 15 is 0 Å². The van der Waals surface area contributed by atoms with Crippen LogP contribution in [0.25, 0.3) is 0 Å². The Hall–Kier alpha value is -0.980. The van der Waals surface area contributed by atoms with Crippen LogP contribution in [0, 0.1) is 11.7 Å². The number of benzene rings is 1. The van der Waals surface area contributed by atoms with E-state index in [1.165, 1.54) is 12.1 Å². The third kappa shape index (κ3) is 5.01. The predicted octanol–water partition coefficient (Wildman–Crippen LogP) is 3.46. The summed E-state index contributed by atoms with van der Waals surface area (Å²) in [5, 5.41) is 3.00. The fraction of sp³-hybridized carbons (Fsp3) is 0.611. The molecule has 0 saturated carbocycles. The number of carbonyl (C=O) groups excluding carboxylic acids is 1. The van der Waals surface area contributed by atoms with Crippen LogP contribution in [-0.4, -0.2) is 49.7 Å². The van der Waals surface area contributed by atoms with E-state index in [2.05, 4.69) is 40.0 Å². The SMILES string of the molecule is CCC(CC)[C@H](CNC(=O)c1cc(F)ccc1Br)N1CCOCC1. The van der Waals surface area contributed by atoms with Gasteiger partial charge < -0.3 is 10.1 Å². The maximum absolute atomic E-state index is 13.4. The minimum absolute atomic E-state index is 0.245. The monoisotopic (exact) mass is 400 g/mol. The second-order valence-electron chi connectivity index (χ2n) is 6.13. The minimum atomic E-state index is -0.409. The molecule has 1 heterocycles. The van der Waals surface area contributed by atoms with Gasteiger partial charge >= 0.3 is 0 Å². The van der Waals surface area contributed by atoms with Gasteiger partial charge in [0.2, 0.25) is 0 Å². The second-order valence-corrected chi connectivity index (χ2v) is 6.98. The van der Waals surface area contributed by atoms with Crippen LogP contribution in [0.3, 0.4) is 0 Å². The first kappa shape index (κ1) is 19.3. The topological polar surface area (TPSA) is 41.6 Å². The Kier molecular flexibility index (Phi) is 7.65. The highest BCUT2D eigenvalue weighted by atomic mass is 79.9. The predicted molar refractivity (Wildman–Crippen MR) is 96.7 cm³/mol. The van der Waals surface area contributed by atoms with Crippen LogP contribution in [0.1, 0.15) is 37.0 Å². The highest BCUT2D eigenvalue weighted by molar-refractivity contribution is 9.10. The molecule has 1 aliphatic rings. The summed E-state index contributed by atoms with van der Waals surface area (Å²) in [7, 11) is 0. The zero-order valence-corrected chi connectivity index (χ0v) is 15.9. The average molecular weight is 401 g/mol. The minimum Gasteiger partial charge on any atom is -0.379 e. The Morgan fingerprint density at radius 1 is 1.33 bits per heavy atom. The first-order chi connectivity index (χ1) is 11.6. The number of nitrogens with one attached hydrogen (secondary N) is 1. The molecule has 1 amide bonds. The van der Waals surface area contributed by atoms with Crippen molar-refractivity contribution < 1.29 is 13.9 Å². The Morgan fingerprint density at radius 2 is 2.00 bits per heavy atom. The first-order valence-electron chi connectivity index (χ1n) is 8.61. The molecule has 0 aliphatic carbocycles. The number of hydrogen-bond acceptors (Lipinski definition) is 3. The molecular weight excluding hydrogens is 375 g/mol. The van der Waals surface area contributed by atoms with Crippen molar-refractivity contribution in [3.05, 3.63) is 34.1 Å². The van der Waals surface area contributed by atoms with Crippen LogP contribution in [-0.2, 0) is 4.74 Å². The Balaban J connectivity index is 2.05. The molecule has 0 unspecified atom stereocenters. The molecule has 1 saturated heterocycles. The van der Waals surface area contributed by atoms with Gasteiger partial charge in [-0.15, -0.1) is 0 Å². The van der Waals surface area contributed by atoms with Gasteiger partial charge in [0.05, 0.1) is 18.8 Å². The van der Waals surface area contributed by atoms with Crippen molar-refractivity contribution in [2.75, 3.05) is 32.8 Å². The van der Waals surface area contributed by atoms with E-state index in [9.17, 15) is 9.18 Å². The molecule has 4 nitrogen and oxygen atoms in total. The highest BCUT2D eigenvalue weighted by Crippen LogP contribution is 2.21. The molecule has 1 aliphatic heterocycles. The first-order valence-corrected chi connectivity index (χ1v) is 9.41. The number of morpholine rings is 1. The quantitative estimate of drug-likeness (QED) is 0.761. The van der Waals surface area contributed by atoms with E-state index in [1.54, 1.807) is 6.07 Å². The van der Waals surface area contributed by atoms with Crippen molar-refractivity contribution in [2.24, 2.45) is 5.92 Å². The van der Waals surface area contributed by atoms with Crippen LogP contribution in [0.4, 0.5) is 4.39 Å². The van der Waals surface area contributed by atoms with Crippen molar-refractivity contribution in [2.45, 2.75) is 32.7 Å². The van der Waals surface area contributed by atoms with E-state index in [-0.39, 0.29) is 11.9 Å². The summed E-state index contributed by atoms with van der Waals surface area (Å²) in [5.74, 6) is -0.141. The summed E-state index contributed by atoms with van der Waals surface area (Å²) < 4.78 is 19.5. The van der Waals surface area contributed by atoms with Crippen molar-refractivity contribution in [3.63, 3.8) is 0 Å². The molecule has 1 aromatic rings. The van der Waals surface area contributed by atoms with Crippen LogP contribution in [0.15, 0.2) is 22.7 Å². The fourth-order valence-electron chi connectivity index (χ4n) is 3.30. The smallest absolute Gasteiger partial charge is 0.252 e. The number of halogens is 2. The lowest BCUT2D eigenvalue weighted by atomic mass is 9.92. The molecule has 2 rings (SSSR count). The third-order valence-corrected chi connectivity index (χ3v) is 5.44. The zero-order chi connectivity index (χ0) is 17.5. The van der Waals surface area contributed by atoms with Gasteiger partial charge in [0.1, 0.15) is 5.82 Å². The summed E-state index contributed by atoms with van der Waals surface area (Å²) in [5.41, 5.74) is 0.334. The van der Waals surface area contributed by atoms with E-state index in [4.69, 9.17) is 4.74 Å². The summed E-state index contributed by atoms with van der Waals surface area (Å²) in [6.45, 7) is 8.19. The van der Waals surface area contributed by atoms with Crippen molar-refractivity contribution in [3.8, 4) is 0 Å². The lowest BCUT2D eigenvalue weighted by Crippen LogP contribution is -2.52. The molecule has 6 heteroatoms. The summed E-state index contributed by atoms with van der Waals surface area (Å²) in [6.07, 6.45) is 2.14. The van der Waals surface area contributed by atoms with Gasteiger partial charge in [-0.05, 0) is 40.0 Å². The summed E-state index contributed by atoms with van der Waals surface area (Å²) >= 11 is 3.32. The summed E-state index contributed by atoms with van der Waals surface area (Å²) in [6, 6.07) is 4.44. The molecule has 0 radical (unpaired) electrons. The average Bonchev–Trinajstić information content (AvgIpc) is 2.61. The van der Waals surface area contributed by atoms with Gasteiger partial charge in [-0.25, -0.2) is 4.39 Å². The van der Waals surface area contributed by atoms with Gasteiger partial charge in [0, 0.05) is 30.1 Å². The fourth-order valence-corrected chi connectivity index (χ4v) is 3.73. The molecule has 0 aromatic heterocycles. The molecule has 1 aromatic carbocycles. The van der Waals surface area contributed by atoms with Gasteiger partial charge in [-0.2, -0.15) is 0 Å². The molecule has 1 N–H and O–H groups in total. The van der Waals surface area contributed by atoms with Crippen LogP contribution < -0.4 is 5.32 Å². The molecule has 0 bridgehead atoms. The third-order valence-electron chi connectivity index (χ3n) is 4.75. The van der Waals surface area contributed by atoms with Crippen LogP contribution in [0.5, 0.6) is 0 Å². The normalized spacial score (nSPS) is 17.0. The Labute approximate surface area is 151 Å². The molecule has 1 fully saturated rings. The van der Waals surface area contributed by atoms with E-state index in [1.807, 2.05) is 0 Å². The number of hydrogen-bond donors (Lipinski definition) is 1. The maximum atomic E-state index is 13.4. The highest BCUT2D eigenvalue weighted by Gasteiger charge is 2.27. The standard InChI is InChI=1S/C18H26BrFN2O2/c1-3-13(4-2)17(22-7-9-24-10-8-22)12-21-18(23)15-11-14(20)5-6-16(15)19/h5-6,11,13,17H,3-4,7-10,12H2,1-2H3,(H,21,23)/t17-/m0/s1. The maximum Gasteiger partial charge on any atom is 0.252 e. The largest absolute Gasteiger partial charge is 0.379 e. The molecule has 1 atom stereocenters. The van der Waals surface area contributed by atoms with Crippen molar-refractivity contribution >= 4 is 21.8 Å². The second kappa shape index (κ2) is 9.49. The Morgan fingerprint density at radius 3 is 2.62 bits per heavy atom. The number of nitrogens with zero attached hydrogens (tertiary/aromatic N) is 1. The Bertz CT molecular complexity index is 546. The van der Waals surface area contributed by atoms with Crippen LogP contribution in [0.2, 0.25) is 0 Å². The molecular formula is C18H26BrFN2O2. The van der Waals surface area contributed by atoms with Crippen molar-refractivity contribution in [1.29, 1.82) is 0 Å². The lowest BCUT2D eigenvalue weighted by molar-refractivity contribution is 0.00191. The summed E-state index contributed by atoms with van der Waals surface area (Å²) in [4.78, 5) is 14.9.